The van der Waals surface area contributed by atoms with Crippen LogP contribution in [0, 0.1) is 5.82 Å². The first kappa shape index (κ1) is 16.2. The summed E-state index contributed by atoms with van der Waals surface area (Å²) in [5.41, 5.74) is 1.34. The molecule has 0 aliphatic heterocycles. The zero-order valence-electron chi connectivity index (χ0n) is 12.6. The number of pyridine rings is 1. The Balaban J connectivity index is 1.50. The van der Waals surface area contributed by atoms with Crippen LogP contribution in [0.2, 0.25) is 0 Å². The van der Waals surface area contributed by atoms with E-state index in [0.717, 1.165) is 10.5 Å². The molecule has 122 valence electrons. The molecule has 0 saturated carbocycles. The van der Waals surface area contributed by atoms with Crippen LogP contribution in [0.25, 0.3) is 11.3 Å². The molecular weight excluding hydrogens is 329 g/mol. The van der Waals surface area contributed by atoms with Crippen LogP contribution in [-0.4, -0.2) is 21.8 Å². The smallest absolute Gasteiger partial charge is 0.230 e. The Hall–Kier alpha value is -2.67. The summed E-state index contributed by atoms with van der Waals surface area (Å²) in [6, 6.07) is 11.4. The van der Waals surface area contributed by atoms with Crippen molar-refractivity contribution in [3.8, 4) is 11.3 Å². The fourth-order valence-electron chi connectivity index (χ4n) is 1.97. The normalized spacial score (nSPS) is 10.5. The number of amides is 1. The van der Waals surface area contributed by atoms with E-state index in [9.17, 15) is 9.18 Å². The third-order valence-electron chi connectivity index (χ3n) is 3.17. The van der Waals surface area contributed by atoms with Gasteiger partial charge in [-0.05, 0) is 36.4 Å². The van der Waals surface area contributed by atoms with Crippen molar-refractivity contribution in [2.45, 2.75) is 11.4 Å². The predicted octanol–water partition coefficient (Wildman–Crippen LogP) is 3.28. The van der Waals surface area contributed by atoms with Crippen LogP contribution in [0.5, 0.6) is 0 Å². The van der Waals surface area contributed by atoms with Crippen molar-refractivity contribution in [3.05, 3.63) is 66.4 Å². The van der Waals surface area contributed by atoms with E-state index in [0.29, 0.717) is 17.2 Å². The number of carbonyl (C=O) groups excluding carboxylic acids is 1. The van der Waals surface area contributed by atoms with Gasteiger partial charge in [0.05, 0.1) is 12.3 Å². The number of rotatable bonds is 6. The van der Waals surface area contributed by atoms with Crippen LogP contribution >= 0.6 is 11.8 Å². The van der Waals surface area contributed by atoms with Gasteiger partial charge in [-0.2, -0.15) is 0 Å². The zero-order valence-corrected chi connectivity index (χ0v) is 13.4. The number of hydrogen-bond donors (Lipinski definition) is 1. The molecule has 2 aromatic heterocycles. The Morgan fingerprint density at radius 3 is 2.67 bits per heavy atom. The second kappa shape index (κ2) is 7.74. The summed E-state index contributed by atoms with van der Waals surface area (Å²) >= 11 is 1.44. The number of nitrogens with one attached hydrogen (secondary N) is 1. The largest absolute Gasteiger partial charge is 0.356 e. The number of nitrogens with zero attached hydrogens (tertiary/aromatic N) is 2. The first-order valence-electron chi connectivity index (χ1n) is 7.22. The lowest BCUT2D eigenvalue weighted by molar-refractivity contribution is -0.118. The summed E-state index contributed by atoms with van der Waals surface area (Å²) in [5, 5.41) is 6.69. The van der Waals surface area contributed by atoms with Crippen molar-refractivity contribution in [2.75, 3.05) is 5.75 Å². The van der Waals surface area contributed by atoms with Gasteiger partial charge in [0.15, 0.2) is 5.76 Å². The minimum atomic E-state index is -0.308. The summed E-state index contributed by atoms with van der Waals surface area (Å²) in [7, 11) is 0. The second-order valence-electron chi connectivity index (χ2n) is 4.94. The fourth-order valence-corrected chi connectivity index (χ4v) is 2.68. The highest BCUT2D eigenvalue weighted by molar-refractivity contribution is 8.00. The van der Waals surface area contributed by atoms with E-state index in [1.165, 1.54) is 23.9 Å². The Morgan fingerprint density at radius 1 is 1.17 bits per heavy atom. The highest BCUT2D eigenvalue weighted by Crippen LogP contribution is 2.20. The summed E-state index contributed by atoms with van der Waals surface area (Å²) in [5.74, 6) is 0.443. The van der Waals surface area contributed by atoms with Gasteiger partial charge in [0.2, 0.25) is 5.91 Å². The number of halogens is 1. The first-order valence-corrected chi connectivity index (χ1v) is 8.20. The number of aromatic nitrogens is 2. The van der Waals surface area contributed by atoms with Gasteiger partial charge < -0.3 is 9.84 Å². The molecule has 3 aromatic rings. The fraction of sp³-hybridized carbons (Fsp3) is 0.118. The molecule has 1 aromatic carbocycles. The summed E-state index contributed by atoms with van der Waals surface area (Å²) < 4.78 is 18.1. The number of carbonyl (C=O) groups is 1. The van der Waals surface area contributed by atoms with Gasteiger partial charge in [0, 0.05) is 28.9 Å². The molecule has 0 atom stereocenters. The molecule has 0 aliphatic rings. The van der Waals surface area contributed by atoms with Gasteiger partial charge in [-0.25, -0.2) is 4.39 Å². The van der Waals surface area contributed by atoms with Crippen LogP contribution in [-0.2, 0) is 11.3 Å². The Bertz CT molecular complexity index is 806. The van der Waals surface area contributed by atoms with E-state index in [4.69, 9.17) is 4.52 Å². The van der Waals surface area contributed by atoms with E-state index < -0.39 is 0 Å². The molecule has 1 N–H and O–H groups in total. The number of thioether (sulfide) groups is 1. The van der Waals surface area contributed by atoms with Gasteiger partial charge in [0.25, 0.3) is 0 Å². The molecule has 24 heavy (non-hydrogen) atoms. The van der Waals surface area contributed by atoms with Crippen molar-refractivity contribution >= 4 is 17.7 Å². The Labute approximate surface area is 142 Å². The average molecular weight is 343 g/mol. The van der Waals surface area contributed by atoms with E-state index in [2.05, 4.69) is 15.5 Å². The van der Waals surface area contributed by atoms with Crippen LogP contribution in [0.4, 0.5) is 4.39 Å². The molecule has 7 heteroatoms. The molecular formula is C17H14FN3O2S. The number of hydrogen-bond acceptors (Lipinski definition) is 5. The molecule has 2 heterocycles. The van der Waals surface area contributed by atoms with Crippen molar-refractivity contribution in [3.63, 3.8) is 0 Å². The molecule has 0 unspecified atom stereocenters. The quantitative estimate of drug-likeness (QED) is 0.696. The number of benzene rings is 1. The summed E-state index contributed by atoms with van der Waals surface area (Å²) in [4.78, 5) is 16.8. The zero-order chi connectivity index (χ0) is 16.8. The Kier molecular flexibility index (Phi) is 5.22. The van der Waals surface area contributed by atoms with Gasteiger partial charge >= 0.3 is 0 Å². The third-order valence-corrected chi connectivity index (χ3v) is 4.19. The van der Waals surface area contributed by atoms with Crippen LogP contribution < -0.4 is 5.32 Å². The van der Waals surface area contributed by atoms with Crippen LogP contribution in [0.1, 0.15) is 5.69 Å². The maximum atomic E-state index is 12.9. The summed E-state index contributed by atoms with van der Waals surface area (Å²) in [6.45, 7) is 0.278. The molecule has 0 fully saturated rings. The minimum absolute atomic E-state index is 0.0943. The maximum Gasteiger partial charge on any atom is 0.230 e. The van der Waals surface area contributed by atoms with E-state index in [-0.39, 0.29) is 18.3 Å². The highest BCUT2D eigenvalue weighted by atomic mass is 32.2. The average Bonchev–Trinajstić information content (AvgIpc) is 3.09. The molecule has 3 rings (SSSR count). The second-order valence-corrected chi connectivity index (χ2v) is 5.99. The van der Waals surface area contributed by atoms with E-state index >= 15 is 0 Å². The first-order chi connectivity index (χ1) is 11.7. The summed E-state index contributed by atoms with van der Waals surface area (Å²) in [6.07, 6.45) is 3.37. The van der Waals surface area contributed by atoms with Crippen LogP contribution in [0.15, 0.2) is 64.3 Å². The molecule has 0 spiro atoms. The van der Waals surface area contributed by atoms with Crippen molar-refractivity contribution < 1.29 is 13.7 Å². The van der Waals surface area contributed by atoms with Gasteiger partial charge in [-0.15, -0.1) is 11.8 Å². The topological polar surface area (TPSA) is 68.0 Å². The molecule has 1 amide bonds. The molecule has 0 aliphatic carbocycles. The lowest BCUT2D eigenvalue weighted by Crippen LogP contribution is -2.24. The molecule has 0 radical (unpaired) electrons. The maximum absolute atomic E-state index is 12.9. The van der Waals surface area contributed by atoms with E-state index in [1.807, 2.05) is 12.1 Å². The minimum Gasteiger partial charge on any atom is -0.356 e. The lowest BCUT2D eigenvalue weighted by atomic mass is 10.1. The van der Waals surface area contributed by atoms with Crippen molar-refractivity contribution in [1.82, 2.24) is 15.5 Å². The molecule has 0 saturated heterocycles. The molecule has 5 nitrogen and oxygen atoms in total. The Morgan fingerprint density at radius 2 is 1.92 bits per heavy atom. The highest BCUT2D eigenvalue weighted by Gasteiger charge is 2.09. The van der Waals surface area contributed by atoms with Gasteiger partial charge in [-0.3, -0.25) is 9.78 Å². The lowest BCUT2D eigenvalue weighted by Gasteiger charge is -2.02. The van der Waals surface area contributed by atoms with Gasteiger partial charge in [0.1, 0.15) is 11.5 Å². The van der Waals surface area contributed by atoms with Crippen molar-refractivity contribution in [1.29, 1.82) is 0 Å². The SMILES string of the molecule is O=C(CSc1ccncc1)NCc1cc(-c2ccc(F)cc2)on1. The van der Waals surface area contributed by atoms with Gasteiger partial charge in [-0.1, -0.05) is 5.16 Å². The monoisotopic (exact) mass is 343 g/mol. The van der Waals surface area contributed by atoms with E-state index in [1.54, 1.807) is 30.6 Å². The molecule has 0 bridgehead atoms. The standard InChI is InChI=1S/C17H14FN3O2S/c18-13-3-1-12(2-4-13)16-9-14(21-23-16)10-20-17(22)11-24-15-5-7-19-8-6-15/h1-9H,10-11H2,(H,20,22). The van der Waals surface area contributed by atoms with Crippen molar-refractivity contribution in [2.24, 2.45) is 0 Å². The third kappa shape index (κ3) is 4.42. The van der Waals surface area contributed by atoms with Crippen LogP contribution in [0.3, 0.4) is 0 Å². The predicted molar refractivity (Wildman–Crippen MR) is 88.7 cm³/mol.